The minimum Gasteiger partial charge on any atom is -0.378 e. The van der Waals surface area contributed by atoms with E-state index in [1.54, 1.807) is 6.20 Å². The highest BCUT2D eigenvalue weighted by Crippen LogP contribution is 2.20. The van der Waals surface area contributed by atoms with Crippen LogP contribution in [0.3, 0.4) is 0 Å². The van der Waals surface area contributed by atoms with Crippen LogP contribution in [0.4, 0.5) is 0 Å². The number of aromatic nitrogens is 2. The van der Waals surface area contributed by atoms with Crippen LogP contribution >= 0.6 is 0 Å². The summed E-state index contributed by atoms with van der Waals surface area (Å²) in [6.07, 6.45) is 5.64. The average Bonchev–Trinajstić information content (AvgIpc) is 2.83. The number of hydrogen-bond donors (Lipinski definition) is 1. The smallest absolute Gasteiger partial charge is 0.226 e. The van der Waals surface area contributed by atoms with Crippen LogP contribution in [-0.4, -0.2) is 28.2 Å². The molecule has 20 heavy (non-hydrogen) atoms. The zero-order valence-corrected chi connectivity index (χ0v) is 12.6. The van der Waals surface area contributed by atoms with Gasteiger partial charge in [0.25, 0.3) is 0 Å². The Hall–Kier alpha value is -1.36. The minimum atomic E-state index is -0.0303. The maximum Gasteiger partial charge on any atom is 0.226 e. The van der Waals surface area contributed by atoms with Gasteiger partial charge in [-0.3, -0.25) is 4.79 Å². The number of carbonyl (C=O) groups excluding carboxylic acids is 1. The van der Waals surface area contributed by atoms with Crippen molar-refractivity contribution < 1.29 is 9.53 Å². The molecule has 2 atom stereocenters. The molecule has 1 aliphatic heterocycles. The van der Waals surface area contributed by atoms with Gasteiger partial charge in [0.1, 0.15) is 5.82 Å². The Labute approximate surface area is 120 Å². The molecule has 5 heteroatoms. The predicted molar refractivity (Wildman–Crippen MR) is 77.0 cm³/mol. The van der Waals surface area contributed by atoms with E-state index < -0.39 is 0 Å². The van der Waals surface area contributed by atoms with Gasteiger partial charge in [0.05, 0.1) is 18.6 Å². The van der Waals surface area contributed by atoms with Gasteiger partial charge in [0, 0.05) is 25.5 Å². The van der Waals surface area contributed by atoms with E-state index in [9.17, 15) is 4.79 Å². The van der Waals surface area contributed by atoms with Crippen LogP contribution in [0.2, 0.25) is 0 Å². The van der Waals surface area contributed by atoms with Crippen molar-refractivity contribution in [3.8, 4) is 0 Å². The standard InChI is InChI=1S/C15H25N3O2/c1-11(2)10-18-7-6-16-14(18)9-17-15(19)13-5-4-8-20-12(13)3/h6-7,11-13H,4-5,8-10H2,1-3H3,(H,17,19). The molecule has 1 aromatic rings. The maximum atomic E-state index is 12.2. The number of imidazole rings is 1. The van der Waals surface area contributed by atoms with Crippen molar-refractivity contribution in [2.24, 2.45) is 11.8 Å². The molecule has 112 valence electrons. The fourth-order valence-electron chi connectivity index (χ4n) is 2.63. The fraction of sp³-hybridized carbons (Fsp3) is 0.733. The van der Waals surface area contributed by atoms with Gasteiger partial charge in [0.2, 0.25) is 5.91 Å². The van der Waals surface area contributed by atoms with Gasteiger partial charge in [0.15, 0.2) is 0 Å². The third-order valence-electron chi connectivity index (χ3n) is 3.73. The second kappa shape index (κ2) is 6.88. The largest absolute Gasteiger partial charge is 0.378 e. The van der Waals surface area contributed by atoms with Crippen LogP contribution in [0.1, 0.15) is 39.4 Å². The third kappa shape index (κ3) is 3.82. The van der Waals surface area contributed by atoms with Crippen molar-refractivity contribution in [2.45, 2.75) is 52.8 Å². The van der Waals surface area contributed by atoms with Crippen molar-refractivity contribution in [1.82, 2.24) is 14.9 Å². The lowest BCUT2D eigenvalue weighted by atomic mass is 9.94. The van der Waals surface area contributed by atoms with E-state index in [0.29, 0.717) is 12.5 Å². The van der Waals surface area contributed by atoms with Gasteiger partial charge < -0.3 is 14.6 Å². The molecule has 1 fully saturated rings. The molecule has 5 nitrogen and oxygen atoms in total. The molecule has 0 spiro atoms. The highest BCUT2D eigenvalue weighted by molar-refractivity contribution is 5.79. The molecule has 0 aliphatic carbocycles. The van der Waals surface area contributed by atoms with Gasteiger partial charge in [-0.2, -0.15) is 0 Å². The quantitative estimate of drug-likeness (QED) is 0.896. The minimum absolute atomic E-state index is 0.0131. The normalized spacial score (nSPS) is 23.0. The Morgan fingerprint density at radius 1 is 1.60 bits per heavy atom. The molecule has 2 heterocycles. The van der Waals surface area contributed by atoms with Crippen LogP contribution in [0.5, 0.6) is 0 Å². The molecular weight excluding hydrogens is 254 g/mol. The highest BCUT2D eigenvalue weighted by atomic mass is 16.5. The first-order valence-electron chi connectivity index (χ1n) is 7.47. The summed E-state index contributed by atoms with van der Waals surface area (Å²) in [6, 6.07) is 0. The first-order chi connectivity index (χ1) is 9.58. The summed E-state index contributed by atoms with van der Waals surface area (Å²) in [6.45, 7) is 8.50. The zero-order chi connectivity index (χ0) is 14.5. The SMILES string of the molecule is CC(C)Cn1ccnc1CNC(=O)C1CCCOC1C. The van der Waals surface area contributed by atoms with Gasteiger partial charge in [-0.25, -0.2) is 4.98 Å². The first-order valence-corrected chi connectivity index (χ1v) is 7.47. The first kappa shape index (κ1) is 15.0. The molecular formula is C15H25N3O2. The molecule has 1 saturated heterocycles. The second-order valence-corrected chi connectivity index (χ2v) is 5.93. The van der Waals surface area contributed by atoms with E-state index in [4.69, 9.17) is 4.74 Å². The average molecular weight is 279 g/mol. The van der Waals surface area contributed by atoms with Crippen molar-refractivity contribution in [3.63, 3.8) is 0 Å². The maximum absolute atomic E-state index is 12.2. The van der Waals surface area contributed by atoms with E-state index >= 15 is 0 Å². The van der Waals surface area contributed by atoms with Crippen LogP contribution in [0.25, 0.3) is 0 Å². The number of rotatable bonds is 5. The summed E-state index contributed by atoms with van der Waals surface area (Å²) in [4.78, 5) is 16.5. The van der Waals surface area contributed by atoms with Crippen LogP contribution < -0.4 is 5.32 Å². The molecule has 1 amide bonds. The van der Waals surface area contributed by atoms with Crippen molar-refractivity contribution in [2.75, 3.05) is 6.61 Å². The van der Waals surface area contributed by atoms with E-state index in [1.165, 1.54) is 0 Å². The number of carbonyl (C=O) groups is 1. The number of nitrogens with one attached hydrogen (secondary N) is 1. The fourth-order valence-corrected chi connectivity index (χ4v) is 2.63. The summed E-state index contributed by atoms with van der Waals surface area (Å²) in [7, 11) is 0. The molecule has 0 radical (unpaired) electrons. The van der Waals surface area contributed by atoms with Gasteiger partial charge >= 0.3 is 0 Å². The van der Waals surface area contributed by atoms with Gasteiger partial charge in [-0.1, -0.05) is 13.8 Å². The molecule has 1 aromatic heterocycles. The highest BCUT2D eigenvalue weighted by Gasteiger charge is 2.28. The van der Waals surface area contributed by atoms with Crippen molar-refractivity contribution >= 4 is 5.91 Å². The number of hydrogen-bond acceptors (Lipinski definition) is 3. The lowest BCUT2D eigenvalue weighted by molar-refractivity contribution is -0.133. The number of amides is 1. The van der Waals surface area contributed by atoms with E-state index in [0.717, 1.165) is 31.8 Å². The summed E-state index contributed by atoms with van der Waals surface area (Å²) < 4.78 is 7.65. The molecule has 1 N–H and O–H groups in total. The Morgan fingerprint density at radius 2 is 2.40 bits per heavy atom. The van der Waals surface area contributed by atoms with Gasteiger partial charge in [-0.15, -0.1) is 0 Å². The van der Waals surface area contributed by atoms with Crippen molar-refractivity contribution in [3.05, 3.63) is 18.2 Å². The summed E-state index contributed by atoms with van der Waals surface area (Å²) >= 11 is 0. The van der Waals surface area contributed by atoms with Crippen LogP contribution in [-0.2, 0) is 22.6 Å². The number of ether oxygens (including phenoxy) is 1. The van der Waals surface area contributed by atoms with E-state index in [1.807, 2.05) is 13.1 Å². The molecule has 2 unspecified atom stereocenters. The second-order valence-electron chi connectivity index (χ2n) is 5.93. The monoisotopic (exact) mass is 279 g/mol. The summed E-state index contributed by atoms with van der Waals surface area (Å²) in [5.74, 6) is 1.52. The van der Waals surface area contributed by atoms with E-state index in [-0.39, 0.29) is 17.9 Å². The Kier molecular flexibility index (Phi) is 5.17. The summed E-state index contributed by atoms with van der Waals surface area (Å²) in [5, 5.41) is 3.00. The van der Waals surface area contributed by atoms with Gasteiger partial charge in [-0.05, 0) is 25.7 Å². The van der Waals surface area contributed by atoms with Crippen molar-refractivity contribution in [1.29, 1.82) is 0 Å². The molecule has 0 bridgehead atoms. The Bertz CT molecular complexity index is 442. The number of nitrogens with zero attached hydrogens (tertiary/aromatic N) is 2. The molecule has 0 saturated carbocycles. The third-order valence-corrected chi connectivity index (χ3v) is 3.73. The van der Waals surface area contributed by atoms with Crippen LogP contribution in [0.15, 0.2) is 12.4 Å². The Balaban J connectivity index is 1.88. The molecule has 0 aromatic carbocycles. The molecule has 1 aliphatic rings. The Morgan fingerprint density at radius 3 is 3.10 bits per heavy atom. The zero-order valence-electron chi connectivity index (χ0n) is 12.6. The lowest BCUT2D eigenvalue weighted by Crippen LogP contribution is -2.40. The molecule has 2 rings (SSSR count). The summed E-state index contributed by atoms with van der Waals surface area (Å²) in [5.41, 5.74) is 0. The van der Waals surface area contributed by atoms with Crippen LogP contribution in [0, 0.1) is 11.8 Å². The van der Waals surface area contributed by atoms with E-state index in [2.05, 4.69) is 28.7 Å². The lowest BCUT2D eigenvalue weighted by Gasteiger charge is -2.28. The topological polar surface area (TPSA) is 56.2 Å². The predicted octanol–water partition coefficient (Wildman–Crippen LogP) is 1.97.